The number of benzene rings is 1. The lowest BCUT2D eigenvalue weighted by Crippen LogP contribution is -2.11. The Morgan fingerprint density at radius 3 is 2.33 bits per heavy atom. The van der Waals surface area contributed by atoms with Gasteiger partial charge in [0.2, 0.25) is 0 Å². The molecule has 0 spiro atoms. The molecule has 102 valence electrons. The lowest BCUT2D eigenvalue weighted by atomic mass is 10.0. The topological polar surface area (TPSA) is 21.3 Å². The van der Waals surface area contributed by atoms with Crippen LogP contribution in [0.1, 0.15) is 43.4 Å². The molecule has 0 bridgehead atoms. The second-order valence-corrected chi connectivity index (χ2v) is 5.29. The minimum atomic E-state index is 0.630. The quantitative estimate of drug-likeness (QED) is 0.793. The van der Waals surface area contributed by atoms with Gasteiger partial charge in [0, 0.05) is 6.54 Å². The van der Waals surface area contributed by atoms with Crippen molar-refractivity contribution in [3.63, 3.8) is 0 Å². The van der Waals surface area contributed by atoms with Gasteiger partial charge in [-0.3, -0.25) is 0 Å². The highest BCUT2D eigenvalue weighted by Crippen LogP contribution is 2.25. The van der Waals surface area contributed by atoms with Gasteiger partial charge in [0.1, 0.15) is 5.75 Å². The third-order valence-electron chi connectivity index (χ3n) is 3.19. The minimum absolute atomic E-state index is 0.630. The summed E-state index contributed by atoms with van der Waals surface area (Å²) in [5.41, 5.74) is 3.80. The molecule has 2 heteroatoms. The maximum absolute atomic E-state index is 5.99. The Bertz CT molecular complexity index is 350. The standard InChI is InChI=1S/C16H27NO/c1-6-7-12(2)11-18-16-13(3)8-15(10-17-5)9-14(16)4/h8-9,12,17H,6-7,10-11H2,1-5H3. The van der Waals surface area contributed by atoms with Crippen LogP contribution in [-0.4, -0.2) is 13.7 Å². The lowest BCUT2D eigenvalue weighted by Gasteiger charge is -2.17. The number of aryl methyl sites for hydroxylation is 2. The summed E-state index contributed by atoms with van der Waals surface area (Å²) in [6.45, 7) is 10.5. The summed E-state index contributed by atoms with van der Waals surface area (Å²) in [5, 5.41) is 3.18. The molecular weight excluding hydrogens is 222 g/mol. The van der Waals surface area contributed by atoms with Crippen LogP contribution in [-0.2, 0) is 6.54 Å². The van der Waals surface area contributed by atoms with E-state index < -0.39 is 0 Å². The van der Waals surface area contributed by atoms with Gasteiger partial charge in [-0.25, -0.2) is 0 Å². The molecule has 0 heterocycles. The molecule has 0 fully saturated rings. The number of hydrogen-bond acceptors (Lipinski definition) is 2. The van der Waals surface area contributed by atoms with Crippen LogP contribution in [0.5, 0.6) is 5.75 Å². The van der Waals surface area contributed by atoms with Crippen LogP contribution in [0.2, 0.25) is 0 Å². The van der Waals surface area contributed by atoms with Crippen molar-refractivity contribution in [2.24, 2.45) is 5.92 Å². The number of nitrogens with one attached hydrogen (secondary N) is 1. The molecule has 2 nitrogen and oxygen atoms in total. The minimum Gasteiger partial charge on any atom is -0.493 e. The summed E-state index contributed by atoms with van der Waals surface area (Å²) < 4.78 is 5.99. The van der Waals surface area contributed by atoms with Crippen molar-refractivity contribution in [1.82, 2.24) is 5.32 Å². The summed E-state index contributed by atoms with van der Waals surface area (Å²) in [4.78, 5) is 0. The van der Waals surface area contributed by atoms with Gasteiger partial charge in [-0.15, -0.1) is 0 Å². The molecule has 1 rings (SSSR count). The first-order valence-corrected chi connectivity index (χ1v) is 6.96. The van der Waals surface area contributed by atoms with Crippen molar-refractivity contribution in [3.05, 3.63) is 28.8 Å². The molecule has 0 amide bonds. The third-order valence-corrected chi connectivity index (χ3v) is 3.19. The summed E-state index contributed by atoms with van der Waals surface area (Å²) in [7, 11) is 1.97. The van der Waals surface area contributed by atoms with Gasteiger partial charge in [-0.05, 0) is 49.9 Å². The van der Waals surface area contributed by atoms with Gasteiger partial charge in [0.25, 0.3) is 0 Å². The smallest absolute Gasteiger partial charge is 0.125 e. The van der Waals surface area contributed by atoms with Crippen molar-refractivity contribution >= 4 is 0 Å². The van der Waals surface area contributed by atoms with Crippen molar-refractivity contribution in [1.29, 1.82) is 0 Å². The first kappa shape index (κ1) is 15.0. The molecule has 0 aliphatic heterocycles. The van der Waals surface area contributed by atoms with E-state index in [-0.39, 0.29) is 0 Å². The van der Waals surface area contributed by atoms with Crippen LogP contribution < -0.4 is 10.1 Å². The molecule has 0 radical (unpaired) electrons. The Balaban J connectivity index is 2.71. The molecule has 1 atom stereocenters. The zero-order valence-electron chi connectivity index (χ0n) is 12.5. The summed E-state index contributed by atoms with van der Waals surface area (Å²) >= 11 is 0. The van der Waals surface area contributed by atoms with Crippen molar-refractivity contribution in [2.45, 2.75) is 47.1 Å². The summed E-state index contributed by atoms with van der Waals surface area (Å²) in [6, 6.07) is 4.42. The fraction of sp³-hybridized carbons (Fsp3) is 0.625. The second-order valence-electron chi connectivity index (χ2n) is 5.29. The van der Waals surface area contributed by atoms with Gasteiger partial charge in [-0.2, -0.15) is 0 Å². The molecule has 1 N–H and O–H groups in total. The largest absolute Gasteiger partial charge is 0.493 e. The van der Waals surface area contributed by atoms with Gasteiger partial charge >= 0.3 is 0 Å². The van der Waals surface area contributed by atoms with E-state index in [0.717, 1.165) is 18.9 Å². The SMILES string of the molecule is CCCC(C)COc1c(C)cc(CNC)cc1C. The molecule has 0 saturated heterocycles. The highest BCUT2D eigenvalue weighted by atomic mass is 16.5. The van der Waals surface area contributed by atoms with Crippen LogP contribution >= 0.6 is 0 Å². The normalized spacial score (nSPS) is 12.5. The fourth-order valence-corrected chi connectivity index (χ4v) is 2.38. The number of hydrogen-bond donors (Lipinski definition) is 1. The van der Waals surface area contributed by atoms with Crippen LogP contribution in [0.25, 0.3) is 0 Å². The van der Waals surface area contributed by atoms with Crippen LogP contribution in [0.15, 0.2) is 12.1 Å². The van der Waals surface area contributed by atoms with E-state index in [1.165, 1.54) is 29.5 Å². The molecule has 1 unspecified atom stereocenters. The van der Waals surface area contributed by atoms with Crippen molar-refractivity contribution in [2.75, 3.05) is 13.7 Å². The van der Waals surface area contributed by atoms with E-state index in [0.29, 0.717) is 5.92 Å². The molecule has 0 aromatic heterocycles. The van der Waals surface area contributed by atoms with Crippen molar-refractivity contribution < 1.29 is 4.74 Å². The zero-order chi connectivity index (χ0) is 13.5. The Labute approximate surface area is 112 Å². The van der Waals surface area contributed by atoms with Gasteiger partial charge in [0.05, 0.1) is 6.61 Å². The molecule has 1 aromatic carbocycles. The third kappa shape index (κ3) is 4.34. The summed E-state index contributed by atoms with van der Waals surface area (Å²) in [6.07, 6.45) is 2.46. The van der Waals surface area contributed by atoms with Gasteiger partial charge in [-0.1, -0.05) is 32.4 Å². The number of ether oxygens (including phenoxy) is 1. The van der Waals surface area contributed by atoms with E-state index in [2.05, 4.69) is 45.1 Å². The van der Waals surface area contributed by atoms with E-state index in [9.17, 15) is 0 Å². The average Bonchev–Trinajstić information content (AvgIpc) is 2.28. The van der Waals surface area contributed by atoms with E-state index in [1.807, 2.05) is 7.05 Å². The molecule has 0 saturated carbocycles. The maximum atomic E-state index is 5.99. The van der Waals surface area contributed by atoms with Gasteiger partial charge < -0.3 is 10.1 Å². The predicted molar refractivity (Wildman–Crippen MR) is 78.2 cm³/mol. The maximum Gasteiger partial charge on any atom is 0.125 e. The molecule has 0 aliphatic rings. The predicted octanol–water partition coefficient (Wildman–Crippen LogP) is 3.84. The molecule has 0 aliphatic carbocycles. The van der Waals surface area contributed by atoms with Crippen LogP contribution in [0.3, 0.4) is 0 Å². The highest BCUT2D eigenvalue weighted by molar-refractivity contribution is 5.43. The fourth-order valence-electron chi connectivity index (χ4n) is 2.38. The van der Waals surface area contributed by atoms with Crippen molar-refractivity contribution in [3.8, 4) is 5.75 Å². The highest BCUT2D eigenvalue weighted by Gasteiger charge is 2.08. The monoisotopic (exact) mass is 249 g/mol. The molecular formula is C16H27NO. The van der Waals surface area contributed by atoms with E-state index in [4.69, 9.17) is 4.74 Å². The zero-order valence-corrected chi connectivity index (χ0v) is 12.5. The number of rotatable bonds is 7. The Morgan fingerprint density at radius 1 is 1.22 bits per heavy atom. The first-order valence-electron chi connectivity index (χ1n) is 6.96. The summed E-state index contributed by atoms with van der Waals surface area (Å²) in [5.74, 6) is 1.70. The Morgan fingerprint density at radius 2 is 1.83 bits per heavy atom. The van der Waals surface area contributed by atoms with E-state index >= 15 is 0 Å². The van der Waals surface area contributed by atoms with Crippen LogP contribution in [0.4, 0.5) is 0 Å². The Hall–Kier alpha value is -1.02. The van der Waals surface area contributed by atoms with Crippen LogP contribution in [0, 0.1) is 19.8 Å². The molecule has 1 aromatic rings. The molecule has 18 heavy (non-hydrogen) atoms. The average molecular weight is 249 g/mol. The Kier molecular flexibility index (Phi) is 6.20. The second kappa shape index (κ2) is 7.42. The van der Waals surface area contributed by atoms with Gasteiger partial charge in [0.15, 0.2) is 0 Å². The lowest BCUT2D eigenvalue weighted by molar-refractivity contribution is 0.248. The van der Waals surface area contributed by atoms with E-state index in [1.54, 1.807) is 0 Å². The first-order chi connectivity index (χ1) is 8.58.